The molecule has 1 atom stereocenters. The van der Waals surface area contributed by atoms with E-state index in [0.29, 0.717) is 12.4 Å². The molecule has 17 heavy (non-hydrogen) atoms. The molecule has 1 aromatic carbocycles. The van der Waals surface area contributed by atoms with Gasteiger partial charge in [-0.15, -0.1) is 0 Å². The van der Waals surface area contributed by atoms with Gasteiger partial charge in [0.2, 0.25) is 0 Å². The van der Waals surface area contributed by atoms with Crippen molar-refractivity contribution >= 4 is 0 Å². The lowest BCUT2D eigenvalue weighted by atomic mass is 9.83. The Morgan fingerprint density at radius 3 is 2.82 bits per heavy atom. The molecule has 0 unspecified atom stereocenters. The Hall–Kier alpha value is -1.09. The number of hydrogen-bond acceptors (Lipinski definition) is 2. The van der Waals surface area contributed by atoms with E-state index in [-0.39, 0.29) is 11.9 Å². The van der Waals surface area contributed by atoms with Crippen molar-refractivity contribution in [3.8, 4) is 5.75 Å². The Morgan fingerprint density at radius 1 is 1.47 bits per heavy atom. The molecule has 0 aliphatic heterocycles. The lowest BCUT2D eigenvalue weighted by molar-refractivity contribution is 0.215. The molecule has 0 amide bonds. The van der Waals surface area contributed by atoms with Gasteiger partial charge in [-0.3, -0.25) is 0 Å². The number of benzene rings is 1. The van der Waals surface area contributed by atoms with Crippen LogP contribution in [0, 0.1) is 11.7 Å². The van der Waals surface area contributed by atoms with Crippen molar-refractivity contribution in [2.24, 2.45) is 11.7 Å². The summed E-state index contributed by atoms with van der Waals surface area (Å²) >= 11 is 0. The number of halogens is 1. The van der Waals surface area contributed by atoms with Crippen LogP contribution in [0.15, 0.2) is 18.2 Å². The fourth-order valence-corrected chi connectivity index (χ4v) is 2.15. The second-order valence-corrected chi connectivity index (χ2v) is 4.88. The van der Waals surface area contributed by atoms with Gasteiger partial charge in [-0.2, -0.15) is 0 Å². The lowest BCUT2D eigenvalue weighted by Crippen LogP contribution is -2.16. The first-order valence-corrected chi connectivity index (χ1v) is 6.35. The minimum Gasteiger partial charge on any atom is -0.490 e. The molecule has 0 saturated heterocycles. The number of para-hydroxylation sites is 1. The van der Waals surface area contributed by atoms with Gasteiger partial charge in [0, 0.05) is 11.6 Å². The van der Waals surface area contributed by atoms with E-state index in [1.807, 2.05) is 13.0 Å². The summed E-state index contributed by atoms with van der Waals surface area (Å²) in [5, 5.41) is 0. The van der Waals surface area contributed by atoms with Crippen molar-refractivity contribution in [1.82, 2.24) is 0 Å². The third-order valence-electron chi connectivity index (χ3n) is 3.49. The van der Waals surface area contributed by atoms with Crippen LogP contribution in [0.25, 0.3) is 0 Å². The van der Waals surface area contributed by atoms with Gasteiger partial charge in [-0.1, -0.05) is 31.4 Å². The molecule has 0 bridgehead atoms. The molecular formula is C14H20FNO. The predicted molar refractivity (Wildman–Crippen MR) is 66.5 cm³/mol. The highest BCUT2D eigenvalue weighted by Crippen LogP contribution is 2.31. The number of rotatable bonds is 5. The van der Waals surface area contributed by atoms with E-state index in [9.17, 15) is 4.39 Å². The van der Waals surface area contributed by atoms with Gasteiger partial charge in [0.1, 0.15) is 0 Å². The van der Waals surface area contributed by atoms with E-state index in [2.05, 4.69) is 0 Å². The zero-order valence-electron chi connectivity index (χ0n) is 10.3. The maximum absolute atomic E-state index is 13.7. The molecule has 1 saturated carbocycles. The molecule has 2 nitrogen and oxygen atoms in total. The zero-order chi connectivity index (χ0) is 12.3. The molecule has 2 rings (SSSR count). The van der Waals surface area contributed by atoms with Gasteiger partial charge in [0.25, 0.3) is 0 Å². The summed E-state index contributed by atoms with van der Waals surface area (Å²) in [4.78, 5) is 0. The van der Waals surface area contributed by atoms with Crippen molar-refractivity contribution in [2.75, 3.05) is 6.61 Å². The number of hydrogen-bond donors (Lipinski definition) is 1. The second kappa shape index (κ2) is 5.50. The summed E-state index contributed by atoms with van der Waals surface area (Å²) in [6, 6.07) is 4.72. The molecule has 0 radical (unpaired) electrons. The van der Waals surface area contributed by atoms with E-state index < -0.39 is 0 Å². The number of nitrogens with two attached hydrogens (primary N) is 1. The van der Waals surface area contributed by atoms with Crippen molar-refractivity contribution in [1.29, 1.82) is 0 Å². The minimum atomic E-state index is -0.312. The largest absolute Gasteiger partial charge is 0.490 e. The van der Waals surface area contributed by atoms with Crippen molar-refractivity contribution in [3.63, 3.8) is 0 Å². The summed E-state index contributed by atoms with van der Waals surface area (Å²) in [7, 11) is 0. The van der Waals surface area contributed by atoms with Crippen LogP contribution in [0.5, 0.6) is 5.75 Å². The monoisotopic (exact) mass is 237 g/mol. The van der Waals surface area contributed by atoms with Crippen molar-refractivity contribution < 1.29 is 9.13 Å². The van der Waals surface area contributed by atoms with Crippen LogP contribution < -0.4 is 10.5 Å². The lowest BCUT2D eigenvalue weighted by Gasteiger charge is -2.25. The third kappa shape index (κ3) is 2.97. The van der Waals surface area contributed by atoms with E-state index in [4.69, 9.17) is 10.5 Å². The molecule has 0 spiro atoms. The van der Waals surface area contributed by atoms with Crippen molar-refractivity contribution in [2.45, 2.75) is 38.6 Å². The van der Waals surface area contributed by atoms with Crippen LogP contribution in [-0.4, -0.2) is 6.61 Å². The first-order valence-electron chi connectivity index (χ1n) is 6.35. The standard InChI is InChI=1S/C14H20FNO/c1-10(16)12-6-3-7-13(15)14(12)17-9-8-11-4-2-5-11/h3,6-7,10-11H,2,4-5,8-9,16H2,1H3/t10-/m1/s1. The van der Waals surface area contributed by atoms with Gasteiger partial charge in [0.15, 0.2) is 11.6 Å². The van der Waals surface area contributed by atoms with E-state index >= 15 is 0 Å². The van der Waals surface area contributed by atoms with E-state index in [1.54, 1.807) is 6.07 Å². The van der Waals surface area contributed by atoms with Crippen LogP contribution >= 0.6 is 0 Å². The molecule has 1 fully saturated rings. The average Bonchev–Trinajstić information content (AvgIpc) is 2.23. The Labute approximate surface area is 102 Å². The first-order chi connectivity index (χ1) is 8.18. The van der Waals surface area contributed by atoms with Crippen LogP contribution in [0.2, 0.25) is 0 Å². The van der Waals surface area contributed by atoms with Crippen LogP contribution in [-0.2, 0) is 0 Å². The molecule has 0 aromatic heterocycles. The highest BCUT2D eigenvalue weighted by molar-refractivity contribution is 5.36. The predicted octanol–water partition coefficient (Wildman–Crippen LogP) is 3.41. The molecule has 3 heteroatoms. The molecule has 2 N–H and O–H groups in total. The van der Waals surface area contributed by atoms with Gasteiger partial charge in [0.05, 0.1) is 6.61 Å². The maximum atomic E-state index is 13.7. The summed E-state index contributed by atoms with van der Waals surface area (Å²) in [6.07, 6.45) is 4.93. The molecule has 1 aromatic rings. The maximum Gasteiger partial charge on any atom is 0.165 e. The Bertz CT molecular complexity index is 374. The van der Waals surface area contributed by atoms with E-state index in [0.717, 1.165) is 17.9 Å². The molecule has 1 aliphatic rings. The SMILES string of the molecule is C[C@@H](N)c1cccc(F)c1OCCC1CCC1. The van der Waals surface area contributed by atoms with Crippen LogP contribution in [0.4, 0.5) is 4.39 Å². The Kier molecular flexibility index (Phi) is 4.00. The highest BCUT2D eigenvalue weighted by Gasteiger charge is 2.18. The van der Waals surface area contributed by atoms with Crippen LogP contribution in [0.3, 0.4) is 0 Å². The Balaban J connectivity index is 1.97. The molecule has 0 heterocycles. The zero-order valence-corrected chi connectivity index (χ0v) is 10.3. The van der Waals surface area contributed by atoms with Gasteiger partial charge < -0.3 is 10.5 Å². The molecule has 1 aliphatic carbocycles. The fraction of sp³-hybridized carbons (Fsp3) is 0.571. The third-order valence-corrected chi connectivity index (χ3v) is 3.49. The number of ether oxygens (including phenoxy) is 1. The van der Waals surface area contributed by atoms with Gasteiger partial charge in [-0.05, 0) is 25.3 Å². The smallest absolute Gasteiger partial charge is 0.165 e. The summed E-state index contributed by atoms with van der Waals surface area (Å²) in [6.45, 7) is 2.43. The van der Waals surface area contributed by atoms with Gasteiger partial charge >= 0.3 is 0 Å². The quantitative estimate of drug-likeness (QED) is 0.851. The summed E-state index contributed by atoms with van der Waals surface area (Å²) < 4.78 is 19.2. The highest BCUT2D eigenvalue weighted by atomic mass is 19.1. The first kappa shape index (κ1) is 12.4. The molecular weight excluding hydrogens is 217 g/mol. The van der Waals surface area contributed by atoms with Crippen LogP contribution in [0.1, 0.15) is 44.2 Å². The van der Waals surface area contributed by atoms with E-state index in [1.165, 1.54) is 25.3 Å². The second-order valence-electron chi connectivity index (χ2n) is 4.88. The topological polar surface area (TPSA) is 35.2 Å². The average molecular weight is 237 g/mol. The fourth-order valence-electron chi connectivity index (χ4n) is 2.15. The van der Waals surface area contributed by atoms with Gasteiger partial charge in [-0.25, -0.2) is 4.39 Å². The molecule has 94 valence electrons. The summed E-state index contributed by atoms with van der Waals surface area (Å²) in [5.41, 5.74) is 6.55. The van der Waals surface area contributed by atoms with Crippen molar-refractivity contribution in [3.05, 3.63) is 29.6 Å². The summed E-state index contributed by atoms with van der Waals surface area (Å²) in [5.74, 6) is 0.802. The Morgan fingerprint density at radius 2 is 2.24 bits per heavy atom. The minimum absolute atomic E-state index is 0.204. The normalized spacial score (nSPS) is 17.6.